The third kappa shape index (κ3) is 5.17. The zero-order chi connectivity index (χ0) is 23.5. The standard InChI is InChI=1S/C16H17ClN8O5S2/c1-5-6-31-16-22-21-13(30-16)11-12(8(2)23-25(11)3)32(27,28)24-15(26)20-14-18-9(17)7-10(19-14)29-4/h5,7H,1,6H2,2-4H3,(H2,18,19,20,24,26). The van der Waals surface area contributed by atoms with Gasteiger partial charge < -0.3 is 9.15 Å². The van der Waals surface area contributed by atoms with E-state index in [1.54, 1.807) is 6.08 Å². The number of carbonyl (C=O) groups excluding carboxylic acids is 1. The fraction of sp³-hybridized carbons (Fsp3) is 0.250. The number of carbonyl (C=O) groups is 1. The van der Waals surface area contributed by atoms with Gasteiger partial charge in [-0.25, -0.2) is 22.9 Å². The summed E-state index contributed by atoms with van der Waals surface area (Å²) in [5.74, 6) is 0.263. The van der Waals surface area contributed by atoms with Crippen molar-refractivity contribution in [2.24, 2.45) is 7.05 Å². The maximum absolute atomic E-state index is 13.0. The Kier molecular flexibility index (Phi) is 7.00. The van der Waals surface area contributed by atoms with Gasteiger partial charge in [0, 0.05) is 18.9 Å². The van der Waals surface area contributed by atoms with Crippen LogP contribution in [0, 0.1) is 6.92 Å². The summed E-state index contributed by atoms with van der Waals surface area (Å²) in [7, 11) is -1.56. The molecular formula is C16H17ClN8O5S2. The van der Waals surface area contributed by atoms with Crippen LogP contribution < -0.4 is 14.8 Å². The molecule has 3 heterocycles. The second-order valence-electron chi connectivity index (χ2n) is 5.98. The van der Waals surface area contributed by atoms with Crippen LogP contribution in [0.1, 0.15) is 5.69 Å². The molecule has 0 unspecified atom stereocenters. The van der Waals surface area contributed by atoms with Crippen LogP contribution >= 0.6 is 23.4 Å². The fourth-order valence-electron chi connectivity index (χ4n) is 2.55. The number of nitrogens with one attached hydrogen (secondary N) is 2. The first-order chi connectivity index (χ1) is 15.1. The molecule has 0 aliphatic heterocycles. The summed E-state index contributed by atoms with van der Waals surface area (Å²) < 4.78 is 39.6. The molecule has 0 bridgehead atoms. The maximum atomic E-state index is 13.0. The van der Waals surface area contributed by atoms with Gasteiger partial charge in [0.25, 0.3) is 21.1 Å². The van der Waals surface area contributed by atoms with Crippen LogP contribution in [-0.4, -0.2) is 57.3 Å². The Balaban J connectivity index is 1.88. The summed E-state index contributed by atoms with van der Waals surface area (Å²) in [6, 6.07) is 0.190. The summed E-state index contributed by atoms with van der Waals surface area (Å²) in [5.41, 5.74) is 0.128. The molecule has 0 saturated carbocycles. The number of hydrogen-bond donors (Lipinski definition) is 2. The highest BCUT2D eigenvalue weighted by Crippen LogP contribution is 2.30. The van der Waals surface area contributed by atoms with Crippen molar-refractivity contribution >= 4 is 45.4 Å². The van der Waals surface area contributed by atoms with Crippen LogP contribution in [0.4, 0.5) is 10.7 Å². The van der Waals surface area contributed by atoms with Gasteiger partial charge in [0.15, 0.2) is 0 Å². The molecule has 16 heteroatoms. The average Bonchev–Trinajstić information content (AvgIpc) is 3.28. The smallest absolute Gasteiger partial charge is 0.335 e. The predicted molar refractivity (Wildman–Crippen MR) is 115 cm³/mol. The van der Waals surface area contributed by atoms with Gasteiger partial charge in [-0.2, -0.15) is 10.1 Å². The second kappa shape index (κ2) is 9.54. The van der Waals surface area contributed by atoms with Crippen molar-refractivity contribution in [3.05, 3.63) is 29.6 Å². The van der Waals surface area contributed by atoms with E-state index in [0.29, 0.717) is 5.75 Å². The van der Waals surface area contributed by atoms with Crippen LogP contribution in [0.15, 0.2) is 33.3 Å². The first-order valence-corrected chi connectivity index (χ1v) is 11.5. The number of urea groups is 1. The minimum absolute atomic E-state index is 0.0121. The Morgan fingerprint density at radius 2 is 2.16 bits per heavy atom. The number of anilines is 1. The molecule has 2 amide bonds. The van der Waals surface area contributed by atoms with Crippen molar-refractivity contribution in [3.8, 4) is 17.5 Å². The monoisotopic (exact) mass is 500 g/mol. The zero-order valence-electron chi connectivity index (χ0n) is 17.0. The minimum atomic E-state index is -4.42. The quantitative estimate of drug-likeness (QED) is 0.263. The van der Waals surface area contributed by atoms with Gasteiger partial charge in [-0.3, -0.25) is 10.00 Å². The third-order valence-corrected chi connectivity index (χ3v) is 6.19. The van der Waals surface area contributed by atoms with E-state index < -0.39 is 16.1 Å². The van der Waals surface area contributed by atoms with E-state index in [2.05, 4.69) is 37.2 Å². The fourth-order valence-corrected chi connectivity index (χ4v) is 4.52. The van der Waals surface area contributed by atoms with E-state index in [9.17, 15) is 13.2 Å². The van der Waals surface area contributed by atoms with Gasteiger partial charge in [-0.1, -0.05) is 29.4 Å². The second-order valence-corrected chi connectivity index (χ2v) is 8.95. The molecule has 2 N–H and O–H groups in total. The lowest BCUT2D eigenvalue weighted by molar-refractivity contribution is 0.256. The molecule has 0 spiro atoms. The first-order valence-electron chi connectivity index (χ1n) is 8.68. The number of aryl methyl sites for hydroxylation is 2. The van der Waals surface area contributed by atoms with Crippen LogP contribution in [0.2, 0.25) is 5.15 Å². The van der Waals surface area contributed by atoms with E-state index in [1.807, 2.05) is 4.72 Å². The molecule has 0 aromatic carbocycles. The van der Waals surface area contributed by atoms with Crippen LogP contribution in [0.3, 0.4) is 0 Å². The van der Waals surface area contributed by atoms with E-state index in [4.69, 9.17) is 20.8 Å². The number of ether oxygens (including phenoxy) is 1. The van der Waals surface area contributed by atoms with Crippen LogP contribution in [0.25, 0.3) is 11.6 Å². The summed E-state index contributed by atoms with van der Waals surface area (Å²) in [4.78, 5) is 19.7. The molecule has 0 aliphatic carbocycles. The predicted octanol–water partition coefficient (Wildman–Crippen LogP) is 2.02. The maximum Gasteiger partial charge on any atom is 0.335 e. The molecule has 0 fully saturated rings. The van der Waals surface area contributed by atoms with Crippen LogP contribution in [-0.2, 0) is 17.1 Å². The lowest BCUT2D eigenvalue weighted by Gasteiger charge is -2.09. The van der Waals surface area contributed by atoms with E-state index in [0.717, 1.165) is 0 Å². The van der Waals surface area contributed by atoms with Crippen molar-refractivity contribution in [1.82, 2.24) is 34.7 Å². The largest absolute Gasteiger partial charge is 0.481 e. The number of aromatic nitrogens is 6. The number of nitrogens with zero attached hydrogens (tertiary/aromatic N) is 6. The van der Waals surface area contributed by atoms with E-state index in [-0.39, 0.29) is 44.4 Å². The van der Waals surface area contributed by atoms with Gasteiger partial charge >= 0.3 is 6.03 Å². The number of halogens is 1. The number of rotatable bonds is 8. The highest BCUT2D eigenvalue weighted by atomic mass is 35.5. The number of methoxy groups -OCH3 is 1. The molecule has 0 saturated heterocycles. The SMILES string of the molecule is C=CCSc1nnc(-c2c(S(=O)(=O)NC(=O)Nc3nc(Cl)cc(OC)n3)c(C)nn2C)o1. The molecule has 170 valence electrons. The molecule has 0 atom stereocenters. The van der Waals surface area contributed by atoms with Gasteiger partial charge in [0.1, 0.15) is 15.7 Å². The van der Waals surface area contributed by atoms with Crippen LogP contribution in [0.5, 0.6) is 5.88 Å². The topological polar surface area (TPSA) is 167 Å². The summed E-state index contributed by atoms with van der Waals surface area (Å²) in [6.45, 7) is 5.07. The Hall–Kier alpha value is -3.17. The average molecular weight is 501 g/mol. The van der Waals surface area contributed by atoms with Gasteiger partial charge in [-0.15, -0.1) is 16.8 Å². The number of thioether (sulfide) groups is 1. The summed E-state index contributed by atoms with van der Waals surface area (Å²) in [5, 5.41) is 14.3. The Bertz CT molecular complexity index is 1270. The van der Waals surface area contributed by atoms with Crippen molar-refractivity contribution in [1.29, 1.82) is 0 Å². The van der Waals surface area contributed by atoms with Crippen molar-refractivity contribution < 1.29 is 22.4 Å². The zero-order valence-corrected chi connectivity index (χ0v) is 19.4. The first kappa shape index (κ1) is 23.5. The van der Waals surface area contributed by atoms with Crippen molar-refractivity contribution in [3.63, 3.8) is 0 Å². The van der Waals surface area contributed by atoms with E-state index >= 15 is 0 Å². The number of sulfonamides is 1. The van der Waals surface area contributed by atoms with Gasteiger partial charge in [0.05, 0.1) is 12.8 Å². The molecular weight excluding hydrogens is 484 g/mol. The van der Waals surface area contributed by atoms with Gasteiger partial charge in [0.2, 0.25) is 11.8 Å². The lowest BCUT2D eigenvalue weighted by atomic mass is 10.3. The van der Waals surface area contributed by atoms with E-state index in [1.165, 1.54) is 43.6 Å². The summed E-state index contributed by atoms with van der Waals surface area (Å²) >= 11 is 7.05. The molecule has 3 rings (SSSR count). The van der Waals surface area contributed by atoms with Crippen molar-refractivity contribution in [2.75, 3.05) is 18.2 Å². The normalized spacial score (nSPS) is 11.2. The summed E-state index contributed by atoms with van der Waals surface area (Å²) in [6.07, 6.45) is 1.65. The lowest BCUT2D eigenvalue weighted by Crippen LogP contribution is -2.35. The molecule has 3 aromatic heterocycles. The Labute approximate surface area is 191 Å². The molecule has 0 radical (unpaired) electrons. The van der Waals surface area contributed by atoms with Crippen molar-refractivity contribution in [2.45, 2.75) is 17.0 Å². The van der Waals surface area contributed by atoms with Gasteiger partial charge in [-0.05, 0) is 6.92 Å². The highest BCUT2D eigenvalue weighted by molar-refractivity contribution is 7.99. The minimum Gasteiger partial charge on any atom is -0.481 e. The molecule has 3 aromatic rings. The molecule has 32 heavy (non-hydrogen) atoms. The number of hydrogen-bond acceptors (Lipinski definition) is 11. The third-order valence-electron chi connectivity index (χ3n) is 3.70. The highest BCUT2D eigenvalue weighted by Gasteiger charge is 2.31. The Morgan fingerprint density at radius 3 is 2.84 bits per heavy atom. The molecule has 13 nitrogen and oxygen atoms in total. The number of amides is 2. The molecule has 0 aliphatic rings. The Morgan fingerprint density at radius 1 is 1.41 bits per heavy atom.